The van der Waals surface area contributed by atoms with E-state index < -0.39 is 23.8 Å². The lowest BCUT2D eigenvalue weighted by molar-refractivity contribution is -0.136. The van der Waals surface area contributed by atoms with E-state index in [-0.39, 0.29) is 24.5 Å². The third kappa shape index (κ3) is 7.01. The number of benzene rings is 2. The number of nitrogens with zero attached hydrogens (tertiary/aromatic N) is 6. The van der Waals surface area contributed by atoms with Gasteiger partial charge in [-0.25, -0.2) is 0 Å². The molecule has 14 heteroatoms. The van der Waals surface area contributed by atoms with E-state index in [0.717, 1.165) is 93.2 Å². The molecule has 9 rings (SSSR count). The zero-order valence-corrected chi connectivity index (χ0v) is 31.1. The first kappa shape index (κ1) is 35.6. The molecule has 2 aromatic carbocycles. The van der Waals surface area contributed by atoms with Crippen molar-refractivity contribution in [1.29, 1.82) is 0 Å². The van der Waals surface area contributed by atoms with Gasteiger partial charge in [-0.1, -0.05) is 12.1 Å². The maximum Gasteiger partial charge on any atom is 0.262 e. The van der Waals surface area contributed by atoms with Gasteiger partial charge < -0.3 is 25.5 Å². The molecule has 6 aliphatic rings. The molecule has 55 heavy (non-hydrogen) atoms. The molecule has 1 aliphatic carbocycles. The number of fused-ring (bicyclic) bond motifs is 4. The summed E-state index contributed by atoms with van der Waals surface area (Å²) in [5.74, 6) is 0.452. The van der Waals surface area contributed by atoms with E-state index in [4.69, 9.17) is 0 Å². The van der Waals surface area contributed by atoms with Gasteiger partial charge >= 0.3 is 0 Å². The second kappa shape index (κ2) is 14.9. The number of para-hydroxylation sites is 1. The van der Waals surface area contributed by atoms with Crippen molar-refractivity contribution in [2.45, 2.75) is 69.5 Å². The maximum absolute atomic E-state index is 13.3. The summed E-state index contributed by atoms with van der Waals surface area (Å²) in [5.41, 5.74) is 4.03. The molecule has 3 saturated heterocycles. The molecule has 288 valence electrons. The van der Waals surface area contributed by atoms with Crippen molar-refractivity contribution in [3.05, 3.63) is 59.7 Å². The summed E-state index contributed by atoms with van der Waals surface area (Å²) in [7, 11) is 0. The van der Waals surface area contributed by atoms with Crippen LogP contribution in [-0.2, 0) is 9.59 Å². The van der Waals surface area contributed by atoms with Crippen molar-refractivity contribution >= 4 is 40.8 Å². The van der Waals surface area contributed by atoms with E-state index in [1.54, 1.807) is 18.2 Å². The maximum atomic E-state index is 13.3. The van der Waals surface area contributed by atoms with Gasteiger partial charge in [-0.15, -0.1) is 10.2 Å². The van der Waals surface area contributed by atoms with Crippen molar-refractivity contribution in [3.63, 3.8) is 0 Å². The Balaban J connectivity index is 0.710. The van der Waals surface area contributed by atoms with Crippen LogP contribution in [0.2, 0.25) is 0 Å². The predicted octanol–water partition coefficient (Wildman–Crippen LogP) is 3.23. The number of piperazine rings is 1. The number of hydrogen-bond acceptors (Lipinski definition) is 12. The molecule has 5 aliphatic heterocycles. The second-order valence-corrected chi connectivity index (χ2v) is 16.2. The van der Waals surface area contributed by atoms with Crippen LogP contribution >= 0.6 is 0 Å². The molecule has 6 heterocycles. The second-order valence-electron chi connectivity index (χ2n) is 16.2. The Bertz CT molecular complexity index is 1990. The van der Waals surface area contributed by atoms with Gasteiger partial charge in [0, 0.05) is 69.5 Å². The van der Waals surface area contributed by atoms with Crippen LogP contribution in [0.5, 0.6) is 5.75 Å². The Hall–Kier alpha value is -5.08. The van der Waals surface area contributed by atoms with E-state index in [2.05, 4.69) is 46.9 Å². The number of amides is 4. The molecular weight excluding hydrogens is 699 g/mol. The highest BCUT2D eigenvalue weighted by molar-refractivity contribution is 6.23. The summed E-state index contributed by atoms with van der Waals surface area (Å²) in [6, 6.07) is 14.7. The van der Waals surface area contributed by atoms with E-state index in [1.165, 1.54) is 25.7 Å². The molecule has 3 aromatic rings. The average molecular weight is 748 g/mol. The summed E-state index contributed by atoms with van der Waals surface area (Å²) in [6.45, 7) is 7.80. The quantitative estimate of drug-likeness (QED) is 0.250. The number of anilines is 3. The van der Waals surface area contributed by atoms with Gasteiger partial charge in [0.1, 0.15) is 11.8 Å². The summed E-state index contributed by atoms with van der Waals surface area (Å²) in [5, 5.41) is 28.9. The fraction of sp³-hybridized carbons (Fsp3) is 0.512. The number of phenols is 1. The van der Waals surface area contributed by atoms with Gasteiger partial charge in [-0.3, -0.25) is 34.3 Å². The van der Waals surface area contributed by atoms with Crippen molar-refractivity contribution in [2.75, 3.05) is 67.5 Å². The van der Waals surface area contributed by atoms with Gasteiger partial charge in [-0.2, -0.15) is 0 Å². The zero-order chi connectivity index (χ0) is 37.6. The lowest BCUT2D eigenvalue weighted by Crippen LogP contribution is -2.58. The number of aromatic nitrogens is 2. The third-order valence-electron chi connectivity index (χ3n) is 12.8. The third-order valence-corrected chi connectivity index (χ3v) is 12.8. The molecule has 0 bridgehead atoms. The van der Waals surface area contributed by atoms with Gasteiger partial charge in [-0.05, 0) is 99.7 Å². The van der Waals surface area contributed by atoms with Crippen LogP contribution in [0, 0.1) is 11.8 Å². The minimum Gasteiger partial charge on any atom is -0.507 e. The van der Waals surface area contributed by atoms with Crippen LogP contribution in [0.25, 0.3) is 11.3 Å². The van der Waals surface area contributed by atoms with E-state index in [9.17, 15) is 24.3 Å². The van der Waals surface area contributed by atoms with Gasteiger partial charge in [0.15, 0.2) is 5.82 Å². The van der Waals surface area contributed by atoms with Crippen LogP contribution in [0.3, 0.4) is 0 Å². The van der Waals surface area contributed by atoms with Crippen molar-refractivity contribution in [1.82, 2.24) is 30.6 Å². The first-order chi connectivity index (χ1) is 26.8. The van der Waals surface area contributed by atoms with E-state index in [1.807, 2.05) is 24.3 Å². The fourth-order valence-corrected chi connectivity index (χ4v) is 9.64. The summed E-state index contributed by atoms with van der Waals surface area (Å²) >= 11 is 0. The number of piperidine rings is 2. The van der Waals surface area contributed by atoms with Crippen LogP contribution in [0.1, 0.15) is 72.1 Å². The summed E-state index contributed by atoms with van der Waals surface area (Å²) in [6.07, 6.45) is 7.32. The zero-order valence-electron chi connectivity index (χ0n) is 31.1. The van der Waals surface area contributed by atoms with E-state index in [0.29, 0.717) is 40.4 Å². The molecule has 0 radical (unpaired) electrons. The van der Waals surface area contributed by atoms with E-state index >= 15 is 0 Å². The molecule has 2 unspecified atom stereocenters. The first-order valence-corrected chi connectivity index (χ1v) is 20.0. The molecule has 4 amide bonds. The Kier molecular flexibility index (Phi) is 9.63. The average Bonchev–Trinajstić information content (AvgIpc) is 3.45. The molecule has 4 N–H and O–H groups in total. The number of rotatable bonds is 8. The Morgan fingerprint density at radius 1 is 0.800 bits per heavy atom. The Morgan fingerprint density at radius 3 is 2.40 bits per heavy atom. The van der Waals surface area contributed by atoms with Gasteiger partial charge in [0.25, 0.3) is 11.8 Å². The predicted molar refractivity (Wildman–Crippen MR) is 207 cm³/mol. The number of carbonyl (C=O) groups is 4. The fourth-order valence-electron chi connectivity index (χ4n) is 9.64. The normalized spacial score (nSPS) is 26.0. The highest BCUT2D eigenvalue weighted by Crippen LogP contribution is 2.37. The minimum absolute atomic E-state index is 0.107. The molecule has 4 fully saturated rings. The van der Waals surface area contributed by atoms with Crippen molar-refractivity contribution in [3.8, 4) is 17.0 Å². The number of carbonyl (C=O) groups excluding carboxylic acids is 4. The lowest BCUT2D eigenvalue weighted by atomic mass is 9.85. The number of imide groups is 2. The summed E-state index contributed by atoms with van der Waals surface area (Å²) < 4.78 is 0. The number of phenolic OH excluding ortho intramolecular Hbond substituents is 1. The monoisotopic (exact) mass is 747 g/mol. The Morgan fingerprint density at radius 2 is 1.60 bits per heavy atom. The Labute approximate surface area is 320 Å². The van der Waals surface area contributed by atoms with Crippen molar-refractivity contribution in [2.24, 2.45) is 11.8 Å². The van der Waals surface area contributed by atoms with Crippen LogP contribution in [0.4, 0.5) is 17.2 Å². The minimum atomic E-state index is -0.952. The summed E-state index contributed by atoms with van der Waals surface area (Å²) in [4.78, 5) is 58.9. The lowest BCUT2D eigenvalue weighted by Gasteiger charge is -2.46. The standard InChI is InChI=1S/C41H49N9O5/c51-36-4-2-1-3-31(36)33-20-35-38(46-45-33)43-22-29-24-47(17-18-49(29)35)23-26-5-7-27(8-6-26)42-21-25-13-15-48(16-14-25)28-9-10-30-32(19-28)41(55)50(40(30)54)34-11-12-37(52)44-39(34)53/h1-4,9-10,19-20,25-27,29,34,42,51H,5-8,11-18,21-24H2,(H,43,46)(H,44,52,53). The van der Waals surface area contributed by atoms with Gasteiger partial charge in [0.2, 0.25) is 11.8 Å². The number of hydrogen-bond donors (Lipinski definition) is 4. The van der Waals surface area contributed by atoms with Gasteiger partial charge in [0.05, 0.1) is 28.6 Å². The largest absolute Gasteiger partial charge is 0.507 e. The van der Waals surface area contributed by atoms with Crippen LogP contribution in [0.15, 0.2) is 48.5 Å². The highest BCUT2D eigenvalue weighted by Gasteiger charge is 2.45. The molecular formula is C41H49N9O5. The molecule has 14 nitrogen and oxygen atoms in total. The molecule has 1 saturated carbocycles. The number of nitrogens with one attached hydrogen (secondary N) is 3. The number of aromatic hydroxyl groups is 1. The SMILES string of the molecule is O=C1CCC(N2C(=O)c3ccc(N4CCC(CNC5CCC(CN6CCN7c8cc(-c9ccccc9O)nnc8NCC7C6)CC5)CC4)cc3C2=O)C(=O)N1. The molecule has 1 aromatic heterocycles. The smallest absolute Gasteiger partial charge is 0.262 e. The molecule has 0 spiro atoms. The highest BCUT2D eigenvalue weighted by atomic mass is 16.3. The van der Waals surface area contributed by atoms with Crippen molar-refractivity contribution < 1.29 is 24.3 Å². The first-order valence-electron chi connectivity index (χ1n) is 20.0. The molecule has 2 atom stereocenters. The topological polar surface area (TPSA) is 163 Å². The van der Waals surface area contributed by atoms with Crippen LogP contribution in [-0.4, -0.2) is 119 Å². The van der Waals surface area contributed by atoms with Crippen LogP contribution < -0.4 is 25.8 Å².